The Hall–Kier alpha value is -2.02. The standard InChI is InChI=1S/C13H18N4O3.C2H6/c1-3-15-4-6-16(7-5-15)13-8-11(10(2)18)12(9-14-13)17(19)20;1-2/h8-9H,3-7H2,1-2H3;1-2H3. The van der Waals surface area contributed by atoms with Gasteiger partial charge in [0.05, 0.1) is 4.92 Å². The van der Waals surface area contributed by atoms with Gasteiger partial charge in [-0.25, -0.2) is 4.98 Å². The molecule has 0 aromatic carbocycles. The summed E-state index contributed by atoms with van der Waals surface area (Å²) in [6, 6.07) is 1.53. The Balaban J connectivity index is 0.00000116. The van der Waals surface area contributed by atoms with Gasteiger partial charge in [-0.2, -0.15) is 0 Å². The Morgan fingerprint density at radius 1 is 1.32 bits per heavy atom. The highest BCUT2D eigenvalue weighted by molar-refractivity contribution is 5.98. The van der Waals surface area contributed by atoms with Crippen molar-refractivity contribution in [3.05, 3.63) is 27.9 Å². The number of carbonyl (C=O) groups is 1. The lowest BCUT2D eigenvalue weighted by molar-refractivity contribution is -0.385. The number of nitro groups is 1. The summed E-state index contributed by atoms with van der Waals surface area (Å²) in [6.07, 6.45) is 1.18. The molecule has 1 aliphatic heterocycles. The molecule has 22 heavy (non-hydrogen) atoms. The van der Waals surface area contributed by atoms with E-state index in [0.717, 1.165) is 32.7 Å². The molecule has 0 unspecified atom stereocenters. The first-order valence-corrected chi connectivity index (χ1v) is 7.65. The molecule has 7 heteroatoms. The average molecular weight is 308 g/mol. The van der Waals surface area contributed by atoms with Crippen LogP contribution in [0.5, 0.6) is 0 Å². The Labute approximate surface area is 131 Å². The van der Waals surface area contributed by atoms with Crippen molar-refractivity contribution in [1.82, 2.24) is 9.88 Å². The van der Waals surface area contributed by atoms with Crippen molar-refractivity contribution in [1.29, 1.82) is 0 Å². The third kappa shape index (κ3) is 4.24. The van der Waals surface area contributed by atoms with E-state index >= 15 is 0 Å². The lowest BCUT2D eigenvalue weighted by Crippen LogP contribution is -2.46. The third-order valence-electron chi connectivity index (χ3n) is 3.59. The summed E-state index contributed by atoms with van der Waals surface area (Å²) in [4.78, 5) is 30.4. The van der Waals surface area contributed by atoms with Crippen LogP contribution in [0, 0.1) is 10.1 Å². The Morgan fingerprint density at radius 2 is 1.91 bits per heavy atom. The fraction of sp³-hybridized carbons (Fsp3) is 0.600. The van der Waals surface area contributed by atoms with Gasteiger partial charge in [-0.15, -0.1) is 0 Å². The molecule has 1 saturated heterocycles. The molecule has 0 saturated carbocycles. The van der Waals surface area contributed by atoms with Gasteiger partial charge in [0.2, 0.25) is 0 Å². The Bertz CT molecular complexity index is 526. The lowest BCUT2D eigenvalue weighted by atomic mass is 10.1. The van der Waals surface area contributed by atoms with Crippen LogP contribution in [0.3, 0.4) is 0 Å². The second-order valence-corrected chi connectivity index (χ2v) is 4.79. The van der Waals surface area contributed by atoms with Crippen molar-refractivity contribution in [3.8, 4) is 0 Å². The van der Waals surface area contributed by atoms with Crippen molar-refractivity contribution in [2.75, 3.05) is 37.6 Å². The number of piperazine rings is 1. The largest absolute Gasteiger partial charge is 0.354 e. The molecule has 122 valence electrons. The summed E-state index contributed by atoms with van der Waals surface area (Å²) < 4.78 is 0. The number of likely N-dealkylation sites (N-methyl/N-ethyl adjacent to an activating group) is 1. The summed E-state index contributed by atoms with van der Waals surface area (Å²) >= 11 is 0. The van der Waals surface area contributed by atoms with Gasteiger partial charge in [-0.3, -0.25) is 14.9 Å². The second kappa shape index (κ2) is 8.43. The van der Waals surface area contributed by atoms with Crippen molar-refractivity contribution < 1.29 is 9.72 Å². The molecule has 0 spiro atoms. The summed E-state index contributed by atoms with van der Waals surface area (Å²) in [5.74, 6) is 0.323. The highest BCUT2D eigenvalue weighted by Crippen LogP contribution is 2.23. The lowest BCUT2D eigenvalue weighted by Gasteiger charge is -2.34. The van der Waals surface area contributed by atoms with Gasteiger partial charge in [0.25, 0.3) is 5.69 Å². The monoisotopic (exact) mass is 308 g/mol. The number of ketones is 1. The molecular formula is C15H24N4O3. The molecule has 1 fully saturated rings. The second-order valence-electron chi connectivity index (χ2n) is 4.79. The number of nitrogens with zero attached hydrogens (tertiary/aromatic N) is 4. The van der Waals surface area contributed by atoms with Crippen LogP contribution in [0.15, 0.2) is 12.3 Å². The molecule has 1 aromatic rings. The topological polar surface area (TPSA) is 79.6 Å². The van der Waals surface area contributed by atoms with Gasteiger partial charge in [0.15, 0.2) is 5.78 Å². The molecule has 1 aromatic heterocycles. The van der Waals surface area contributed by atoms with Crippen LogP contribution in [0.1, 0.15) is 38.1 Å². The Morgan fingerprint density at radius 3 is 2.36 bits per heavy atom. The molecule has 2 heterocycles. The first-order valence-electron chi connectivity index (χ1n) is 7.65. The van der Waals surface area contributed by atoms with Crippen molar-refractivity contribution in [2.24, 2.45) is 0 Å². The normalized spacial score (nSPS) is 15.0. The zero-order chi connectivity index (χ0) is 16.7. The van der Waals surface area contributed by atoms with E-state index in [9.17, 15) is 14.9 Å². The molecule has 0 bridgehead atoms. The number of pyridine rings is 1. The van der Waals surface area contributed by atoms with Gasteiger partial charge in [0, 0.05) is 26.2 Å². The van der Waals surface area contributed by atoms with E-state index in [-0.39, 0.29) is 17.0 Å². The van der Waals surface area contributed by atoms with Gasteiger partial charge >= 0.3 is 0 Å². The fourth-order valence-electron chi connectivity index (χ4n) is 2.33. The predicted molar refractivity (Wildman–Crippen MR) is 86.6 cm³/mol. The first kappa shape index (κ1) is 18.0. The number of aromatic nitrogens is 1. The van der Waals surface area contributed by atoms with E-state index in [1.165, 1.54) is 19.2 Å². The predicted octanol–water partition coefficient (Wildman–Crippen LogP) is 2.36. The zero-order valence-corrected chi connectivity index (χ0v) is 13.7. The molecule has 0 aliphatic carbocycles. The summed E-state index contributed by atoms with van der Waals surface area (Å²) in [5.41, 5.74) is -0.105. The minimum Gasteiger partial charge on any atom is -0.354 e. The van der Waals surface area contributed by atoms with Crippen molar-refractivity contribution in [3.63, 3.8) is 0 Å². The third-order valence-corrected chi connectivity index (χ3v) is 3.59. The quantitative estimate of drug-likeness (QED) is 0.482. The van der Waals surface area contributed by atoms with Crippen molar-refractivity contribution >= 4 is 17.3 Å². The van der Waals surface area contributed by atoms with Gasteiger partial charge < -0.3 is 9.80 Å². The number of hydrogen-bond donors (Lipinski definition) is 0. The van der Waals surface area contributed by atoms with Gasteiger partial charge in [0.1, 0.15) is 17.6 Å². The molecule has 0 atom stereocenters. The average Bonchev–Trinajstić information content (AvgIpc) is 2.56. The van der Waals surface area contributed by atoms with Gasteiger partial charge in [-0.05, 0) is 19.5 Å². The zero-order valence-electron chi connectivity index (χ0n) is 13.7. The minimum absolute atomic E-state index is 0.123. The first-order chi connectivity index (χ1) is 10.5. The number of anilines is 1. The SMILES string of the molecule is CC.CCN1CCN(c2cc(C(C)=O)c([N+](=O)[O-])cn2)CC1. The number of Topliss-reactive ketones (excluding diaryl/α,β-unsaturated/α-hetero) is 1. The fourth-order valence-corrected chi connectivity index (χ4v) is 2.33. The van der Waals surface area contributed by atoms with Crippen LogP contribution < -0.4 is 4.90 Å². The van der Waals surface area contributed by atoms with E-state index < -0.39 is 4.92 Å². The summed E-state index contributed by atoms with van der Waals surface area (Å²) in [7, 11) is 0. The molecule has 0 amide bonds. The van der Waals surface area contributed by atoms with Gasteiger partial charge in [-0.1, -0.05) is 20.8 Å². The number of hydrogen-bond acceptors (Lipinski definition) is 6. The van der Waals surface area contributed by atoms with Crippen LogP contribution in [-0.4, -0.2) is 53.3 Å². The van der Waals surface area contributed by atoms with E-state index in [0.29, 0.717) is 5.82 Å². The molecule has 7 nitrogen and oxygen atoms in total. The van der Waals surface area contributed by atoms with E-state index in [4.69, 9.17) is 0 Å². The van der Waals surface area contributed by atoms with E-state index in [1.807, 2.05) is 13.8 Å². The maximum Gasteiger partial charge on any atom is 0.298 e. The maximum atomic E-state index is 11.5. The summed E-state index contributed by atoms with van der Waals surface area (Å²) in [5, 5.41) is 10.9. The van der Waals surface area contributed by atoms with Crippen LogP contribution in [0.25, 0.3) is 0 Å². The highest BCUT2D eigenvalue weighted by Gasteiger charge is 2.22. The number of rotatable bonds is 4. The van der Waals surface area contributed by atoms with Crippen LogP contribution >= 0.6 is 0 Å². The molecule has 2 rings (SSSR count). The molecule has 0 radical (unpaired) electrons. The molecule has 1 aliphatic rings. The van der Waals surface area contributed by atoms with E-state index in [1.54, 1.807) is 0 Å². The molecule has 0 N–H and O–H groups in total. The number of carbonyl (C=O) groups excluding carboxylic acids is 1. The van der Waals surface area contributed by atoms with E-state index in [2.05, 4.69) is 21.7 Å². The highest BCUT2D eigenvalue weighted by atomic mass is 16.6. The smallest absolute Gasteiger partial charge is 0.298 e. The summed E-state index contributed by atoms with van der Waals surface area (Å²) in [6.45, 7) is 12.0. The van der Waals surface area contributed by atoms with Crippen LogP contribution in [-0.2, 0) is 0 Å². The van der Waals surface area contributed by atoms with Crippen LogP contribution in [0.4, 0.5) is 11.5 Å². The Kier molecular flexibility index (Phi) is 6.91. The van der Waals surface area contributed by atoms with Crippen molar-refractivity contribution in [2.45, 2.75) is 27.7 Å². The molecular weight excluding hydrogens is 284 g/mol. The minimum atomic E-state index is -0.567. The maximum absolute atomic E-state index is 11.5. The van der Waals surface area contributed by atoms with Crippen LogP contribution in [0.2, 0.25) is 0 Å².